The molecule has 1 N–H and O–H groups in total. The van der Waals surface area contributed by atoms with Crippen molar-refractivity contribution in [2.24, 2.45) is 11.8 Å². The molecule has 4 rings (SSSR count). The van der Waals surface area contributed by atoms with E-state index in [-0.39, 0.29) is 37.1 Å². The Balaban J connectivity index is 1.26. The van der Waals surface area contributed by atoms with Crippen molar-refractivity contribution >= 4 is 27.5 Å². The average Bonchev–Trinajstić information content (AvgIpc) is 3.06. The monoisotopic (exact) mass is 697 g/mol. The van der Waals surface area contributed by atoms with Crippen LogP contribution in [0, 0.1) is 32.6 Å². The molecule has 0 heterocycles. The van der Waals surface area contributed by atoms with Gasteiger partial charge in [-0.3, -0.25) is 4.79 Å². The lowest BCUT2D eigenvalue weighted by atomic mass is 9.75. The van der Waals surface area contributed by atoms with E-state index in [0.717, 1.165) is 48.3 Å². The van der Waals surface area contributed by atoms with Crippen LogP contribution in [0.5, 0.6) is 5.75 Å². The van der Waals surface area contributed by atoms with Crippen LogP contribution in [0.2, 0.25) is 5.02 Å². The number of hydrogen-bond acceptors (Lipinski definition) is 6. The highest BCUT2D eigenvalue weighted by Gasteiger charge is 2.31. The zero-order valence-corrected chi connectivity index (χ0v) is 30.9. The van der Waals surface area contributed by atoms with Gasteiger partial charge in [0.1, 0.15) is 12.4 Å². The largest absolute Gasteiger partial charge is 0.496 e. The van der Waals surface area contributed by atoms with Crippen molar-refractivity contribution in [2.75, 3.05) is 47.5 Å². The molecule has 262 valence electrons. The topological polar surface area (TPSA) is 88.2 Å². The molecule has 1 amide bonds. The second-order valence-electron chi connectivity index (χ2n) is 13.2. The number of hydrogen-bond donors (Lipinski definition) is 1. The maximum absolute atomic E-state index is 14.1. The molecule has 0 bridgehead atoms. The average molecular weight is 698 g/mol. The van der Waals surface area contributed by atoms with E-state index >= 15 is 0 Å². The fourth-order valence-electron chi connectivity index (χ4n) is 7.07. The normalized spacial score (nSPS) is 17.4. The molecule has 0 spiro atoms. The van der Waals surface area contributed by atoms with Gasteiger partial charge in [0.2, 0.25) is 15.9 Å². The number of benzene rings is 3. The van der Waals surface area contributed by atoms with Gasteiger partial charge in [-0.2, -0.15) is 4.31 Å². The summed E-state index contributed by atoms with van der Waals surface area (Å²) in [4.78, 5) is 15.2. The standard InChI is InChI=1S/C38H52ClN3O5S/c1-27-24-35(46-6)28(2)29(3)38(27)48(44,45)42(25-31-10-8-7-9-11-31)22-23-47-26-36(43)40-21-20-30-12-14-32(15-13-30)37(41(4)5)33-16-18-34(39)19-17-33/h7-11,16-19,24,30,32,37H,12-15,20-23,25-26H2,1-6H3,(H,40,43). The summed E-state index contributed by atoms with van der Waals surface area (Å²) in [6.07, 6.45) is 5.55. The second kappa shape index (κ2) is 17.6. The smallest absolute Gasteiger partial charge is 0.245 e. The zero-order chi connectivity index (χ0) is 34.8. The Hall–Kier alpha value is -2.95. The fourth-order valence-corrected chi connectivity index (χ4v) is 9.10. The molecule has 3 aromatic rings. The van der Waals surface area contributed by atoms with Gasteiger partial charge in [0.25, 0.3) is 0 Å². The summed E-state index contributed by atoms with van der Waals surface area (Å²) >= 11 is 6.13. The Bertz CT molecular complexity index is 1590. The lowest BCUT2D eigenvalue weighted by Gasteiger charge is -2.37. The molecule has 48 heavy (non-hydrogen) atoms. The lowest BCUT2D eigenvalue weighted by Crippen LogP contribution is -2.36. The molecule has 0 radical (unpaired) electrons. The predicted octanol–water partition coefficient (Wildman–Crippen LogP) is 7.10. The molecule has 8 nitrogen and oxygen atoms in total. The molecule has 0 aliphatic heterocycles. The summed E-state index contributed by atoms with van der Waals surface area (Å²) < 4.78 is 40.8. The van der Waals surface area contributed by atoms with Gasteiger partial charge in [-0.1, -0.05) is 66.9 Å². The van der Waals surface area contributed by atoms with Crippen molar-refractivity contribution in [3.8, 4) is 5.75 Å². The molecule has 1 saturated carbocycles. The summed E-state index contributed by atoms with van der Waals surface area (Å²) in [7, 11) is 2.00. The van der Waals surface area contributed by atoms with E-state index in [4.69, 9.17) is 21.1 Å². The van der Waals surface area contributed by atoms with Gasteiger partial charge >= 0.3 is 0 Å². The Morgan fingerprint density at radius 2 is 1.65 bits per heavy atom. The molecule has 0 saturated heterocycles. The third-order valence-corrected chi connectivity index (χ3v) is 12.1. The fraction of sp³-hybridized carbons (Fsp3) is 0.500. The maximum Gasteiger partial charge on any atom is 0.245 e. The van der Waals surface area contributed by atoms with E-state index < -0.39 is 10.0 Å². The highest BCUT2D eigenvalue weighted by molar-refractivity contribution is 7.89. The van der Waals surface area contributed by atoms with Gasteiger partial charge in [-0.05, 0) is 112 Å². The van der Waals surface area contributed by atoms with Crippen molar-refractivity contribution in [1.82, 2.24) is 14.5 Å². The van der Waals surface area contributed by atoms with E-state index in [1.165, 1.54) is 9.87 Å². The first-order valence-electron chi connectivity index (χ1n) is 16.9. The van der Waals surface area contributed by atoms with Gasteiger partial charge in [0.15, 0.2) is 0 Å². The van der Waals surface area contributed by atoms with Crippen molar-refractivity contribution in [3.05, 3.63) is 93.5 Å². The van der Waals surface area contributed by atoms with E-state index in [1.54, 1.807) is 20.1 Å². The van der Waals surface area contributed by atoms with Gasteiger partial charge in [0, 0.05) is 30.7 Å². The molecule has 1 aliphatic rings. The number of amides is 1. The summed E-state index contributed by atoms with van der Waals surface area (Å²) in [5, 5.41) is 3.76. The van der Waals surface area contributed by atoms with Crippen LogP contribution >= 0.6 is 11.6 Å². The Labute approximate surface area is 292 Å². The predicted molar refractivity (Wildman–Crippen MR) is 193 cm³/mol. The number of methoxy groups -OCH3 is 1. The third-order valence-electron chi connectivity index (χ3n) is 9.70. The molecular weight excluding hydrogens is 646 g/mol. The number of aryl methyl sites for hydroxylation is 1. The molecule has 3 aromatic carbocycles. The van der Waals surface area contributed by atoms with Gasteiger partial charge < -0.3 is 19.7 Å². The zero-order valence-electron chi connectivity index (χ0n) is 29.3. The summed E-state index contributed by atoms with van der Waals surface area (Å²) in [5.74, 6) is 1.65. The Morgan fingerprint density at radius 1 is 0.979 bits per heavy atom. The molecule has 0 aromatic heterocycles. The van der Waals surface area contributed by atoms with Gasteiger partial charge in [0.05, 0.1) is 18.6 Å². The van der Waals surface area contributed by atoms with Crippen molar-refractivity contribution in [1.29, 1.82) is 0 Å². The summed E-state index contributed by atoms with van der Waals surface area (Å²) in [5.41, 5.74) is 4.26. The number of halogens is 1. The second-order valence-corrected chi connectivity index (χ2v) is 15.5. The van der Waals surface area contributed by atoms with Gasteiger partial charge in [-0.15, -0.1) is 0 Å². The summed E-state index contributed by atoms with van der Waals surface area (Å²) in [6, 6.07) is 19.9. The van der Waals surface area contributed by atoms with Crippen LogP contribution in [0.25, 0.3) is 0 Å². The quantitative estimate of drug-likeness (QED) is 0.161. The minimum absolute atomic E-state index is 0.0946. The highest BCUT2D eigenvalue weighted by Crippen LogP contribution is 2.40. The number of rotatable bonds is 16. The number of carbonyl (C=O) groups excluding carboxylic acids is 1. The number of nitrogens with one attached hydrogen (secondary N) is 1. The molecule has 1 atom stereocenters. The van der Waals surface area contributed by atoms with Crippen LogP contribution in [0.4, 0.5) is 0 Å². The number of carbonyl (C=O) groups is 1. The van der Waals surface area contributed by atoms with E-state index in [9.17, 15) is 13.2 Å². The number of nitrogens with zero attached hydrogens (tertiary/aromatic N) is 2. The summed E-state index contributed by atoms with van der Waals surface area (Å²) in [6.45, 7) is 6.36. The molecule has 1 unspecified atom stereocenters. The molecular formula is C38H52ClN3O5S. The lowest BCUT2D eigenvalue weighted by molar-refractivity contribution is -0.125. The van der Waals surface area contributed by atoms with Crippen molar-refractivity contribution in [3.63, 3.8) is 0 Å². The first-order chi connectivity index (χ1) is 22.9. The molecule has 10 heteroatoms. The minimum atomic E-state index is -3.88. The SMILES string of the molecule is COc1cc(C)c(S(=O)(=O)N(CCOCC(=O)NCCC2CCC(C(c3ccc(Cl)cc3)N(C)C)CC2)Cc2ccccc2)c(C)c1C. The van der Waals surface area contributed by atoms with Crippen molar-refractivity contribution in [2.45, 2.75) is 70.4 Å². The Morgan fingerprint density at radius 3 is 2.27 bits per heavy atom. The number of ether oxygens (including phenoxy) is 2. The number of sulfonamides is 1. The maximum atomic E-state index is 14.1. The van der Waals surface area contributed by atoms with Crippen LogP contribution in [-0.2, 0) is 26.1 Å². The van der Waals surface area contributed by atoms with Crippen LogP contribution in [0.3, 0.4) is 0 Å². The van der Waals surface area contributed by atoms with E-state index in [2.05, 4.69) is 36.4 Å². The first kappa shape index (κ1) is 37.9. The van der Waals surface area contributed by atoms with Crippen LogP contribution in [0.1, 0.15) is 66.0 Å². The first-order valence-corrected chi connectivity index (χ1v) is 18.7. The highest BCUT2D eigenvalue weighted by atomic mass is 35.5. The van der Waals surface area contributed by atoms with Gasteiger partial charge in [-0.25, -0.2) is 8.42 Å². The van der Waals surface area contributed by atoms with E-state index in [0.29, 0.717) is 41.3 Å². The van der Waals surface area contributed by atoms with E-state index in [1.807, 2.05) is 56.3 Å². The van der Waals surface area contributed by atoms with Crippen LogP contribution in [-0.4, -0.2) is 71.0 Å². The van der Waals surface area contributed by atoms with Crippen molar-refractivity contribution < 1.29 is 22.7 Å². The van der Waals surface area contributed by atoms with Crippen LogP contribution in [0.15, 0.2) is 65.6 Å². The van der Waals surface area contributed by atoms with Crippen LogP contribution < -0.4 is 10.1 Å². The molecule has 1 fully saturated rings. The third kappa shape index (κ3) is 9.82. The molecule has 1 aliphatic carbocycles. The Kier molecular flexibility index (Phi) is 13.9. The minimum Gasteiger partial charge on any atom is -0.496 e.